The van der Waals surface area contributed by atoms with Gasteiger partial charge in [0.25, 0.3) is 0 Å². The number of aromatic nitrogens is 1. The van der Waals surface area contributed by atoms with Crippen LogP contribution in [-0.4, -0.2) is 4.98 Å². The SMILES string of the molecule is c1ccc(-c2ccc(-c3cccc(N(c4ccc5c(c4)sc4cnccc45)c4cccc5oc6ccccc6c45)c3)cc2)cc1. The molecule has 0 saturated heterocycles. The van der Waals surface area contributed by atoms with Gasteiger partial charge in [-0.1, -0.05) is 97.1 Å². The van der Waals surface area contributed by atoms with Gasteiger partial charge < -0.3 is 9.32 Å². The number of nitrogens with zero attached hydrogens (tertiary/aromatic N) is 2. The van der Waals surface area contributed by atoms with Crippen molar-refractivity contribution in [3.63, 3.8) is 0 Å². The summed E-state index contributed by atoms with van der Waals surface area (Å²) < 4.78 is 8.76. The standard InChI is InChI=1S/C41H26N2OS/c1-2-8-27(9-3-1)28-16-18-29(19-17-28)30-10-6-11-31(24-30)43(32-20-21-33-34-22-23-42-26-40(34)45-39(33)25-32)36-13-7-15-38-41(36)35-12-4-5-14-37(35)44-38/h1-26H. The summed E-state index contributed by atoms with van der Waals surface area (Å²) in [4.78, 5) is 6.74. The van der Waals surface area contributed by atoms with Gasteiger partial charge in [-0.15, -0.1) is 11.3 Å². The van der Waals surface area contributed by atoms with Gasteiger partial charge in [0.15, 0.2) is 0 Å². The van der Waals surface area contributed by atoms with Crippen LogP contribution in [0.1, 0.15) is 0 Å². The van der Waals surface area contributed by atoms with Crippen molar-refractivity contribution in [2.75, 3.05) is 4.90 Å². The van der Waals surface area contributed by atoms with Gasteiger partial charge in [-0.3, -0.25) is 4.98 Å². The van der Waals surface area contributed by atoms with Crippen LogP contribution in [-0.2, 0) is 0 Å². The molecule has 45 heavy (non-hydrogen) atoms. The number of hydrogen-bond donors (Lipinski definition) is 0. The summed E-state index contributed by atoms with van der Waals surface area (Å²) in [5, 5.41) is 4.70. The third-order valence-electron chi connectivity index (χ3n) is 8.57. The second-order valence-corrected chi connectivity index (χ2v) is 12.3. The Morgan fingerprint density at radius 2 is 1.18 bits per heavy atom. The first-order chi connectivity index (χ1) is 22.3. The molecule has 0 aliphatic carbocycles. The highest BCUT2D eigenvalue weighted by molar-refractivity contribution is 7.25. The Morgan fingerprint density at radius 1 is 0.489 bits per heavy atom. The zero-order valence-electron chi connectivity index (χ0n) is 24.2. The van der Waals surface area contributed by atoms with Crippen molar-refractivity contribution in [1.29, 1.82) is 0 Å². The highest BCUT2D eigenvalue weighted by Gasteiger charge is 2.20. The van der Waals surface area contributed by atoms with Gasteiger partial charge in [0.2, 0.25) is 0 Å². The Bertz CT molecular complexity index is 2490. The third kappa shape index (κ3) is 4.38. The van der Waals surface area contributed by atoms with Gasteiger partial charge in [-0.25, -0.2) is 0 Å². The number of fused-ring (bicyclic) bond motifs is 6. The molecule has 0 fully saturated rings. The molecule has 0 atom stereocenters. The van der Waals surface area contributed by atoms with Crippen LogP contribution in [0.3, 0.4) is 0 Å². The fraction of sp³-hybridized carbons (Fsp3) is 0. The third-order valence-corrected chi connectivity index (χ3v) is 9.67. The number of benzene rings is 6. The van der Waals surface area contributed by atoms with Crippen LogP contribution in [0.25, 0.3) is 64.4 Å². The monoisotopic (exact) mass is 594 g/mol. The predicted octanol–water partition coefficient (Wildman–Crippen LogP) is 12.2. The molecular formula is C41H26N2OS. The molecule has 0 unspecified atom stereocenters. The van der Waals surface area contributed by atoms with Crippen LogP contribution in [0.5, 0.6) is 0 Å². The number of furan rings is 1. The fourth-order valence-electron chi connectivity index (χ4n) is 6.44. The summed E-state index contributed by atoms with van der Waals surface area (Å²) in [6, 6.07) is 51.7. The molecule has 3 nitrogen and oxygen atoms in total. The fourth-order valence-corrected chi connectivity index (χ4v) is 7.55. The summed E-state index contributed by atoms with van der Waals surface area (Å²) in [5.74, 6) is 0. The summed E-state index contributed by atoms with van der Waals surface area (Å²) in [6.07, 6.45) is 3.83. The van der Waals surface area contributed by atoms with E-state index in [1.165, 1.54) is 36.9 Å². The molecule has 4 heteroatoms. The summed E-state index contributed by atoms with van der Waals surface area (Å²) in [5.41, 5.74) is 9.79. The van der Waals surface area contributed by atoms with Gasteiger partial charge in [0.05, 0.1) is 15.8 Å². The zero-order chi connectivity index (χ0) is 29.7. The van der Waals surface area contributed by atoms with E-state index in [2.05, 4.69) is 143 Å². The van der Waals surface area contributed by atoms with Crippen molar-refractivity contribution in [2.24, 2.45) is 0 Å². The van der Waals surface area contributed by atoms with Crippen LogP contribution in [0.15, 0.2) is 162 Å². The van der Waals surface area contributed by atoms with Crippen LogP contribution in [0.4, 0.5) is 17.1 Å². The highest BCUT2D eigenvalue weighted by atomic mass is 32.1. The van der Waals surface area contributed by atoms with Crippen molar-refractivity contribution in [3.05, 3.63) is 158 Å². The molecule has 3 heterocycles. The number of rotatable bonds is 5. The maximum absolute atomic E-state index is 6.33. The van der Waals surface area contributed by atoms with E-state index in [1.54, 1.807) is 11.3 Å². The Morgan fingerprint density at radius 3 is 2.07 bits per heavy atom. The predicted molar refractivity (Wildman–Crippen MR) is 190 cm³/mol. The van der Waals surface area contributed by atoms with Crippen molar-refractivity contribution in [3.8, 4) is 22.3 Å². The second kappa shape index (κ2) is 10.5. The van der Waals surface area contributed by atoms with E-state index in [1.807, 2.05) is 24.5 Å². The number of hydrogen-bond acceptors (Lipinski definition) is 4. The van der Waals surface area contributed by atoms with Crippen LogP contribution >= 0.6 is 11.3 Å². The zero-order valence-corrected chi connectivity index (χ0v) is 25.0. The molecule has 212 valence electrons. The Hall–Kier alpha value is -5.71. The number of anilines is 3. The molecule has 0 aliphatic rings. The summed E-state index contributed by atoms with van der Waals surface area (Å²) in [6.45, 7) is 0. The van der Waals surface area contributed by atoms with Crippen LogP contribution < -0.4 is 4.90 Å². The number of pyridine rings is 1. The van der Waals surface area contributed by atoms with Crippen molar-refractivity contribution < 1.29 is 4.42 Å². The molecule has 0 amide bonds. The lowest BCUT2D eigenvalue weighted by molar-refractivity contribution is 0.669. The first-order valence-electron chi connectivity index (χ1n) is 15.0. The summed E-state index contributed by atoms with van der Waals surface area (Å²) in [7, 11) is 0. The molecule has 0 bridgehead atoms. The molecule has 0 spiro atoms. The normalized spacial score (nSPS) is 11.6. The minimum Gasteiger partial charge on any atom is -0.456 e. The molecule has 0 saturated carbocycles. The molecule has 0 radical (unpaired) electrons. The number of thiophene rings is 1. The Balaban J connectivity index is 1.23. The van der Waals surface area contributed by atoms with Crippen molar-refractivity contribution >= 4 is 70.5 Å². The van der Waals surface area contributed by atoms with E-state index in [9.17, 15) is 0 Å². The van der Waals surface area contributed by atoms with Gasteiger partial charge in [0.1, 0.15) is 11.2 Å². The van der Waals surface area contributed by atoms with Crippen LogP contribution in [0.2, 0.25) is 0 Å². The number of para-hydroxylation sites is 1. The van der Waals surface area contributed by atoms with E-state index < -0.39 is 0 Å². The maximum atomic E-state index is 6.33. The maximum Gasteiger partial charge on any atom is 0.137 e. The van der Waals surface area contributed by atoms with E-state index in [-0.39, 0.29) is 0 Å². The van der Waals surface area contributed by atoms with Gasteiger partial charge in [-0.2, -0.15) is 0 Å². The first kappa shape index (κ1) is 25.8. The average Bonchev–Trinajstić information content (AvgIpc) is 3.67. The molecule has 3 aromatic heterocycles. The Kier molecular flexibility index (Phi) is 6.00. The smallest absolute Gasteiger partial charge is 0.137 e. The lowest BCUT2D eigenvalue weighted by atomic mass is 9.99. The second-order valence-electron chi connectivity index (χ2n) is 11.2. The van der Waals surface area contributed by atoms with E-state index in [4.69, 9.17) is 4.42 Å². The van der Waals surface area contributed by atoms with Crippen molar-refractivity contribution in [2.45, 2.75) is 0 Å². The molecular weight excluding hydrogens is 569 g/mol. The molecule has 6 aromatic carbocycles. The van der Waals surface area contributed by atoms with Gasteiger partial charge >= 0.3 is 0 Å². The average molecular weight is 595 g/mol. The topological polar surface area (TPSA) is 29.3 Å². The molecule has 0 N–H and O–H groups in total. The van der Waals surface area contributed by atoms with Gasteiger partial charge in [0, 0.05) is 44.6 Å². The summed E-state index contributed by atoms with van der Waals surface area (Å²) >= 11 is 1.78. The highest BCUT2D eigenvalue weighted by Crippen LogP contribution is 2.45. The van der Waals surface area contributed by atoms with Crippen LogP contribution in [0, 0.1) is 0 Å². The largest absolute Gasteiger partial charge is 0.456 e. The molecule has 9 aromatic rings. The lowest BCUT2D eigenvalue weighted by Crippen LogP contribution is -2.10. The Labute approximate surface area is 264 Å². The molecule has 9 rings (SSSR count). The minimum atomic E-state index is 0.875. The van der Waals surface area contributed by atoms with Gasteiger partial charge in [-0.05, 0) is 70.8 Å². The van der Waals surface area contributed by atoms with E-state index in [0.29, 0.717) is 0 Å². The molecule has 0 aliphatic heterocycles. The van der Waals surface area contributed by atoms with E-state index >= 15 is 0 Å². The quantitative estimate of drug-likeness (QED) is 0.198. The van der Waals surface area contributed by atoms with Crippen molar-refractivity contribution in [1.82, 2.24) is 4.98 Å². The minimum absolute atomic E-state index is 0.875. The van der Waals surface area contributed by atoms with E-state index in [0.717, 1.165) is 44.6 Å². The lowest BCUT2D eigenvalue weighted by Gasteiger charge is -2.27. The first-order valence-corrected chi connectivity index (χ1v) is 15.8.